The second kappa shape index (κ2) is 4.26. The van der Waals surface area contributed by atoms with Crippen LogP contribution in [0.4, 0.5) is 5.69 Å². The maximum atomic E-state index is 11.9. The molecule has 1 aliphatic rings. The smallest absolute Gasteiger partial charge is 0.243 e. The number of aryl methyl sites for hydroxylation is 2. The van der Waals surface area contributed by atoms with Crippen LogP contribution in [0, 0.1) is 13.8 Å². The van der Waals surface area contributed by atoms with Crippen molar-refractivity contribution in [3.05, 3.63) is 29.3 Å². The standard InChI is InChI=1S/C13H18N2O/c1-9-6-10(2)8-11(7-9)15-5-3-4-12(14)13(15)16/h6-8,12H,3-5,14H2,1-2H3. The largest absolute Gasteiger partial charge is 0.320 e. The molecule has 0 bridgehead atoms. The fraction of sp³-hybridized carbons (Fsp3) is 0.462. The van der Waals surface area contributed by atoms with E-state index in [1.807, 2.05) is 30.9 Å². The van der Waals surface area contributed by atoms with Gasteiger partial charge in [0, 0.05) is 12.2 Å². The number of piperidine rings is 1. The van der Waals surface area contributed by atoms with Crippen LogP contribution in [0.15, 0.2) is 18.2 Å². The molecule has 3 heteroatoms. The average molecular weight is 218 g/mol. The number of hydrogen-bond acceptors (Lipinski definition) is 2. The van der Waals surface area contributed by atoms with E-state index < -0.39 is 0 Å². The van der Waals surface area contributed by atoms with Crippen molar-refractivity contribution < 1.29 is 4.79 Å². The lowest BCUT2D eigenvalue weighted by Gasteiger charge is -2.30. The Morgan fingerprint density at radius 1 is 1.25 bits per heavy atom. The number of nitrogens with zero attached hydrogens (tertiary/aromatic N) is 1. The number of carbonyl (C=O) groups is 1. The molecule has 2 rings (SSSR count). The molecule has 86 valence electrons. The summed E-state index contributed by atoms with van der Waals surface area (Å²) in [6.45, 7) is 4.88. The van der Waals surface area contributed by atoms with E-state index in [-0.39, 0.29) is 11.9 Å². The van der Waals surface area contributed by atoms with Crippen LogP contribution < -0.4 is 10.6 Å². The van der Waals surface area contributed by atoms with Gasteiger partial charge in [-0.1, -0.05) is 6.07 Å². The van der Waals surface area contributed by atoms with E-state index in [1.54, 1.807) is 0 Å². The highest BCUT2D eigenvalue weighted by Crippen LogP contribution is 2.22. The molecule has 1 heterocycles. The van der Waals surface area contributed by atoms with Crippen molar-refractivity contribution in [2.45, 2.75) is 32.7 Å². The number of hydrogen-bond donors (Lipinski definition) is 1. The van der Waals surface area contributed by atoms with Gasteiger partial charge in [0.05, 0.1) is 6.04 Å². The van der Waals surface area contributed by atoms with E-state index in [1.165, 1.54) is 11.1 Å². The molecule has 0 radical (unpaired) electrons. The molecule has 2 N–H and O–H groups in total. The molecule has 0 aromatic heterocycles. The van der Waals surface area contributed by atoms with Gasteiger partial charge in [-0.25, -0.2) is 0 Å². The average Bonchev–Trinajstić information content (AvgIpc) is 2.20. The minimum Gasteiger partial charge on any atom is -0.320 e. The predicted molar refractivity (Wildman–Crippen MR) is 65.5 cm³/mol. The van der Waals surface area contributed by atoms with Crippen LogP contribution in [0.2, 0.25) is 0 Å². The summed E-state index contributed by atoms with van der Waals surface area (Å²) in [5.74, 6) is 0.0521. The first kappa shape index (κ1) is 11.1. The zero-order valence-corrected chi connectivity index (χ0v) is 9.86. The first-order valence-corrected chi connectivity index (χ1v) is 5.73. The highest BCUT2D eigenvalue weighted by atomic mass is 16.2. The number of benzene rings is 1. The molecule has 1 aliphatic heterocycles. The van der Waals surface area contributed by atoms with Crippen molar-refractivity contribution in [2.24, 2.45) is 5.73 Å². The quantitative estimate of drug-likeness (QED) is 0.780. The first-order chi connectivity index (χ1) is 7.58. The zero-order valence-electron chi connectivity index (χ0n) is 9.86. The van der Waals surface area contributed by atoms with Gasteiger partial charge in [-0.15, -0.1) is 0 Å². The van der Waals surface area contributed by atoms with Crippen molar-refractivity contribution in [1.82, 2.24) is 0 Å². The predicted octanol–water partition coefficient (Wildman–Crippen LogP) is 1.76. The lowest BCUT2D eigenvalue weighted by molar-refractivity contribution is -0.120. The van der Waals surface area contributed by atoms with Gasteiger partial charge >= 0.3 is 0 Å². The van der Waals surface area contributed by atoms with Crippen molar-refractivity contribution in [3.8, 4) is 0 Å². The SMILES string of the molecule is Cc1cc(C)cc(N2CCCC(N)C2=O)c1. The van der Waals surface area contributed by atoms with Crippen LogP contribution in [0.5, 0.6) is 0 Å². The highest BCUT2D eigenvalue weighted by molar-refractivity contribution is 5.97. The van der Waals surface area contributed by atoms with Gasteiger partial charge in [0.1, 0.15) is 0 Å². The van der Waals surface area contributed by atoms with Crippen molar-refractivity contribution in [2.75, 3.05) is 11.4 Å². The van der Waals surface area contributed by atoms with E-state index in [0.717, 1.165) is 25.1 Å². The fourth-order valence-electron chi connectivity index (χ4n) is 2.27. The Labute approximate surface area is 96.2 Å². The lowest BCUT2D eigenvalue weighted by atomic mass is 10.0. The van der Waals surface area contributed by atoms with Gasteiger partial charge in [0.15, 0.2) is 0 Å². The Morgan fingerprint density at radius 3 is 2.50 bits per heavy atom. The monoisotopic (exact) mass is 218 g/mol. The van der Waals surface area contributed by atoms with Gasteiger partial charge in [0.25, 0.3) is 0 Å². The van der Waals surface area contributed by atoms with Crippen LogP contribution in [0.25, 0.3) is 0 Å². The van der Waals surface area contributed by atoms with Crippen LogP contribution in [-0.4, -0.2) is 18.5 Å². The van der Waals surface area contributed by atoms with Crippen LogP contribution in [0.1, 0.15) is 24.0 Å². The van der Waals surface area contributed by atoms with Gasteiger partial charge in [-0.3, -0.25) is 4.79 Å². The van der Waals surface area contributed by atoms with Crippen molar-refractivity contribution >= 4 is 11.6 Å². The second-order valence-electron chi connectivity index (χ2n) is 4.58. The summed E-state index contributed by atoms with van der Waals surface area (Å²) in [5.41, 5.74) is 9.14. The number of amides is 1. The topological polar surface area (TPSA) is 46.3 Å². The lowest BCUT2D eigenvalue weighted by Crippen LogP contribution is -2.48. The number of carbonyl (C=O) groups excluding carboxylic acids is 1. The van der Waals surface area contributed by atoms with Crippen molar-refractivity contribution in [1.29, 1.82) is 0 Å². The van der Waals surface area contributed by atoms with E-state index in [2.05, 4.69) is 6.07 Å². The Kier molecular flexibility index (Phi) is 2.97. The third-order valence-corrected chi connectivity index (χ3v) is 3.00. The molecule has 1 unspecified atom stereocenters. The summed E-state index contributed by atoms with van der Waals surface area (Å²) < 4.78 is 0. The minimum atomic E-state index is -0.324. The Hall–Kier alpha value is -1.35. The second-order valence-corrected chi connectivity index (χ2v) is 4.58. The molecule has 1 amide bonds. The molecular formula is C13H18N2O. The van der Waals surface area contributed by atoms with E-state index in [0.29, 0.717) is 0 Å². The van der Waals surface area contributed by atoms with Crippen LogP contribution in [-0.2, 0) is 4.79 Å². The molecule has 1 aromatic rings. The Bertz CT molecular complexity index is 394. The van der Waals surface area contributed by atoms with Crippen LogP contribution >= 0.6 is 0 Å². The van der Waals surface area contributed by atoms with E-state index in [4.69, 9.17) is 5.73 Å². The zero-order chi connectivity index (χ0) is 11.7. The Morgan fingerprint density at radius 2 is 1.88 bits per heavy atom. The molecule has 1 atom stereocenters. The summed E-state index contributed by atoms with van der Waals surface area (Å²) in [6, 6.07) is 5.87. The maximum Gasteiger partial charge on any atom is 0.243 e. The third kappa shape index (κ3) is 2.09. The van der Waals surface area contributed by atoms with Crippen LogP contribution in [0.3, 0.4) is 0 Å². The number of nitrogens with two attached hydrogens (primary N) is 1. The minimum absolute atomic E-state index is 0.0521. The number of anilines is 1. The third-order valence-electron chi connectivity index (χ3n) is 3.00. The highest BCUT2D eigenvalue weighted by Gasteiger charge is 2.26. The molecule has 0 spiro atoms. The van der Waals surface area contributed by atoms with E-state index >= 15 is 0 Å². The van der Waals surface area contributed by atoms with Gasteiger partial charge < -0.3 is 10.6 Å². The molecule has 1 fully saturated rings. The Balaban J connectivity index is 2.32. The van der Waals surface area contributed by atoms with Gasteiger partial charge in [0.2, 0.25) is 5.91 Å². The molecule has 3 nitrogen and oxygen atoms in total. The molecule has 1 aromatic carbocycles. The van der Waals surface area contributed by atoms with E-state index in [9.17, 15) is 4.79 Å². The van der Waals surface area contributed by atoms with Crippen molar-refractivity contribution in [3.63, 3.8) is 0 Å². The van der Waals surface area contributed by atoms with Gasteiger partial charge in [-0.2, -0.15) is 0 Å². The molecule has 16 heavy (non-hydrogen) atoms. The maximum absolute atomic E-state index is 11.9. The summed E-state index contributed by atoms with van der Waals surface area (Å²) in [6.07, 6.45) is 1.79. The summed E-state index contributed by atoms with van der Waals surface area (Å²) in [5, 5.41) is 0. The first-order valence-electron chi connectivity index (χ1n) is 5.73. The summed E-state index contributed by atoms with van der Waals surface area (Å²) in [7, 11) is 0. The molecule has 0 saturated carbocycles. The summed E-state index contributed by atoms with van der Waals surface area (Å²) >= 11 is 0. The molecule has 1 saturated heterocycles. The van der Waals surface area contributed by atoms with Gasteiger partial charge in [-0.05, 0) is 49.9 Å². The molecular weight excluding hydrogens is 200 g/mol. The fourth-order valence-corrected chi connectivity index (χ4v) is 2.27. The normalized spacial score (nSPS) is 21.3. The molecule has 0 aliphatic carbocycles. The summed E-state index contributed by atoms with van der Waals surface area (Å²) in [4.78, 5) is 13.8. The number of rotatable bonds is 1.